The average molecular weight is 542 g/mol. The van der Waals surface area contributed by atoms with Crippen LogP contribution in [-0.4, -0.2) is 41.9 Å². The van der Waals surface area contributed by atoms with E-state index in [1.165, 1.54) is 6.92 Å². The topological polar surface area (TPSA) is 95.9 Å². The van der Waals surface area contributed by atoms with Crippen LogP contribution in [0.3, 0.4) is 0 Å². The van der Waals surface area contributed by atoms with Crippen LogP contribution in [0.2, 0.25) is 0 Å². The van der Waals surface area contributed by atoms with Gasteiger partial charge in [-0.2, -0.15) is 0 Å². The summed E-state index contributed by atoms with van der Waals surface area (Å²) >= 11 is 6.21. The van der Waals surface area contributed by atoms with Crippen molar-refractivity contribution in [1.29, 1.82) is 0 Å². The number of carbonyl (C=O) groups excluding carboxylic acids is 2. The van der Waals surface area contributed by atoms with Crippen LogP contribution < -0.4 is 10.2 Å². The number of nitrogens with zero attached hydrogens (tertiary/aromatic N) is 1. The van der Waals surface area contributed by atoms with Gasteiger partial charge in [0, 0.05) is 41.8 Å². The molecule has 1 aliphatic heterocycles. The van der Waals surface area contributed by atoms with Gasteiger partial charge in [0.25, 0.3) is 5.91 Å². The van der Waals surface area contributed by atoms with Gasteiger partial charge < -0.3 is 20.1 Å². The molecule has 1 heterocycles. The monoisotopic (exact) mass is 540 g/mol. The number of esters is 1. The molecule has 0 saturated carbocycles. The van der Waals surface area contributed by atoms with Crippen molar-refractivity contribution in [3.8, 4) is 0 Å². The number of aliphatic carboxylic acids is 1. The highest BCUT2D eigenvalue weighted by Gasteiger charge is 2.27. The Morgan fingerprint density at radius 2 is 1.97 bits per heavy atom. The van der Waals surface area contributed by atoms with Gasteiger partial charge in [-0.05, 0) is 42.3 Å². The number of nitrogens with one attached hydrogen (secondary N) is 1. The lowest BCUT2D eigenvalue weighted by Crippen LogP contribution is -2.38. The Kier molecular flexibility index (Phi) is 8.86. The van der Waals surface area contributed by atoms with Crippen molar-refractivity contribution in [2.45, 2.75) is 20.0 Å². The predicted octanol–water partition coefficient (Wildman–Crippen LogP) is 4.22. The summed E-state index contributed by atoms with van der Waals surface area (Å²) in [5, 5.41) is 10.8. The smallest absolute Gasteiger partial charge is 0.314 e. The number of hydrogen-bond acceptors (Lipinski definition) is 5. The third-order valence-electron chi connectivity index (χ3n) is 4.39. The van der Waals surface area contributed by atoms with Gasteiger partial charge >= 0.3 is 11.9 Å². The highest BCUT2D eigenvalue weighted by molar-refractivity contribution is 9.10. The highest BCUT2D eigenvalue weighted by atomic mass is 79.9. The minimum absolute atomic E-state index is 0.0347. The van der Waals surface area contributed by atoms with Crippen LogP contribution in [0, 0.1) is 0 Å². The van der Waals surface area contributed by atoms with E-state index in [4.69, 9.17) is 9.84 Å². The molecule has 0 radical (unpaired) electrons. The Morgan fingerprint density at radius 3 is 2.57 bits per heavy atom. The minimum Gasteiger partial charge on any atom is -0.481 e. The Balaban J connectivity index is 0.000000575. The van der Waals surface area contributed by atoms with Crippen LogP contribution in [0.1, 0.15) is 28.4 Å². The van der Waals surface area contributed by atoms with Gasteiger partial charge in [-0.3, -0.25) is 14.4 Å². The molecule has 0 fully saturated rings. The molecular weight excluding hydrogens is 520 g/mol. The number of rotatable bonds is 5. The molecule has 2 aromatic carbocycles. The molecule has 7 nitrogen and oxygen atoms in total. The van der Waals surface area contributed by atoms with Crippen LogP contribution in [0.15, 0.2) is 40.9 Å². The maximum atomic E-state index is 13.0. The standard InChI is InChI=1S/C19H19BrN2O3.C2H3BrO2/c1-12(23)25-11-16-17(20)4-3-5-18(16)22-9-8-13-10-14(21-2)6-7-15(13)19(22)24;3-1-2(4)5/h3-7,10,21H,8-9,11H2,1-2H3;1H2,(H,4,5). The van der Waals surface area contributed by atoms with Gasteiger partial charge in [-0.25, -0.2) is 0 Å². The lowest BCUT2D eigenvalue weighted by atomic mass is 9.97. The van der Waals surface area contributed by atoms with E-state index in [9.17, 15) is 14.4 Å². The highest BCUT2D eigenvalue weighted by Crippen LogP contribution is 2.33. The first kappa shape index (κ1) is 23.9. The number of carboxylic acid groups (broad SMARTS) is 1. The number of carboxylic acids is 1. The van der Waals surface area contributed by atoms with Gasteiger partial charge in [0.05, 0.1) is 5.69 Å². The Hall–Kier alpha value is -2.39. The number of anilines is 2. The number of carbonyl (C=O) groups is 3. The van der Waals surface area contributed by atoms with Gasteiger partial charge in [-0.15, -0.1) is 0 Å². The van der Waals surface area contributed by atoms with E-state index in [0.717, 1.165) is 33.4 Å². The fraction of sp³-hybridized carbons (Fsp3) is 0.286. The molecule has 2 aromatic rings. The fourth-order valence-electron chi connectivity index (χ4n) is 2.99. The van der Waals surface area contributed by atoms with Crippen LogP contribution in [0.5, 0.6) is 0 Å². The van der Waals surface area contributed by atoms with Crippen molar-refractivity contribution < 1.29 is 24.2 Å². The molecule has 0 bridgehead atoms. The summed E-state index contributed by atoms with van der Waals surface area (Å²) in [5.41, 5.74) is 4.32. The summed E-state index contributed by atoms with van der Waals surface area (Å²) < 4.78 is 5.98. The molecule has 1 aliphatic rings. The molecule has 0 aromatic heterocycles. The summed E-state index contributed by atoms with van der Waals surface area (Å²) in [6.07, 6.45) is 0.774. The molecule has 160 valence electrons. The number of benzene rings is 2. The summed E-state index contributed by atoms with van der Waals surface area (Å²) in [7, 11) is 1.86. The van der Waals surface area contributed by atoms with Crippen LogP contribution >= 0.6 is 31.9 Å². The Labute approximate surface area is 191 Å². The largest absolute Gasteiger partial charge is 0.481 e. The molecule has 2 N–H and O–H groups in total. The van der Waals surface area contributed by atoms with E-state index >= 15 is 0 Å². The lowest BCUT2D eigenvalue weighted by Gasteiger charge is -2.30. The molecule has 0 spiro atoms. The van der Waals surface area contributed by atoms with E-state index in [1.807, 2.05) is 43.4 Å². The maximum absolute atomic E-state index is 13.0. The molecule has 0 unspecified atom stereocenters. The molecule has 9 heteroatoms. The lowest BCUT2D eigenvalue weighted by molar-refractivity contribution is -0.142. The molecule has 30 heavy (non-hydrogen) atoms. The van der Waals surface area contributed by atoms with Gasteiger partial charge in [0.1, 0.15) is 11.9 Å². The summed E-state index contributed by atoms with van der Waals surface area (Å²) in [6.45, 7) is 2.09. The summed E-state index contributed by atoms with van der Waals surface area (Å²) in [5.74, 6) is -1.22. The van der Waals surface area contributed by atoms with Crippen molar-refractivity contribution in [3.63, 3.8) is 0 Å². The number of fused-ring (bicyclic) bond motifs is 1. The second-order valence-corrected chi connectivity index (χ2v) is 7.79. The minimum atomic E-state index is -0.829. The third kappa shape index (κ3) is 6.06. The number of ether oxygens (including phenoxy) is 1. The van der Waals surface area contributed by atoms with E-state index < -0.39 is 5.97 Å². The predicted molar refractivity (Wildman–Crippen MR) is 122 cm³/mol. The molecule has 3 rings (SSSR count). The van der Waals surface area contributed by atoms with Crippen LogP contribution in [0.25, 0.3) is 0 Å². The Bertz CT molecular complexity index is 949. The van der Waals surface area contributed by atoms with Gasteiger partial charge in [0.15, 0.2) is 0 Å². The Morgan fingerprint density at radius 1 is 1.27 bits per heavy atom. The van der Waals surface area contributed by atoms with E-state index in [0.29, 0.717) is 12.1 Å². The van der Waals surface area contributed by atoms with Crippen molar-refractivity contribution in [2.24, 2.45) is 0 Å². The number of amides is 1. The second kappa shape index (κ2) is 11.1. The van der Waals surface area contributed by atoms with Crippen LogP contribution in [-0.2, 0) is 27.4 Å². The second-order valence-electron chi connectivity index (χ2n) is 6.37. The van der Waals surface area contributed by atoms with Gasteiger partial charge in [0.2, 0.25) is 0 Å². The number of halogens is 2. The molecule has 0 aliphatic carbocycles. The van der Waals surface area contributed by atoms with Crippen molar-refractivity contribution >= 4 is 61.1 Å². The molecule has 0 atom stereocenters. The molecular formula is C21H22Br2N2O5. The van der Waals surface area contributed by atoms with Gasteiger partial charge in [-0.1, -0.05) is 37.9 Å². The van der Waals surface area contributed by atoms with E-state index in [-0.39, 0.29) is 23.8 Å². The zero-order valence-corrected chi connectivity index (χ0v) is 19.7. The normalized spacial score (nSPS) is 12.4. The first-order chi connectivity index (χ1) is 14.3. The first-order valence-corrected chi connectivity index (χ1v) is 11.0. The quantitative estimate of drug-likeness (QED) is 0.434. The van der Waals surface area contributed by atoms with Crippen molar-refractivity contribution in [3.05, 3.63) is 57.6 Å². The summed E-state index contributed by atoms with van der Waals surface area (Å²) in [4.78, 5) is 35.3. The molecule has 1 amide bonds. The number of alkyl halides is 1. The van der Waals surface area contributed by atoms with E-state index in [2.05, 4.69) is 37.2 Å². The van der Waals surface area contributed by atoms with E-state index in [1.54, 1.807) is 4.90 Å². The fourth-order valence-corrected chi connectivity index (χ4v) is 3.46. The maximum Gasteiger partial charge on any atom is 0.314 e. The third-order valence-corrected chi connectivity index (χ3v) is 5.62. The molecule has 0 saturated heterocycles. The average Bonchev–Trinajstić information content (AvgIpc) is 2.73. The van der Waals surface area contributed by atoms with Crippen LogP contribution in [0.4, 0.5) is 11.4 Å². The summed E-state index contributed by atoms with van der Waals surface area (Å²) in [6, 6.07) is 11.4. The first-order valence-electron chi connectivity index (χ1n) is 9.09. The van der Waals surface area contributed by atoms with Crippen molar-refractivity contribution in [2.75, 3.05) is 29.1 Å². The zero-order chi connectivity index (χ0) is 22.3. The SMILES string of the molecule is CNc1ccc2c(c1)CCN(c1cccc(Br)c1COC(C)=O)C2=O.O=C(O)CBr. The van der Waals surface area contributed by atoms with Crippen molar-refractivity contribution in [1.82, 2.24) is 0 Å². The zero-order valence-electron chi connectivity index (χ0n) is 16.6. The number of hydrogen-bond donors (Lipinski definition) is 2.